The molecule has 1 fully saturated rings. The lowest BCUT2D eigenvalue weighted by Crippen LogP contribution is -2.50. The summed E-state index contributed by atoms with van der Waals surface area (Å²) in [6.45, 7) is 6.82. The van der Waals surface area contributed by atoms with Crippen LogP contribution in [0.1, 0.15) is 23.4 Å². The minimum absolute atomic E-state index is 0.0337. The topological polar surface area (TPSA) is 104 Å². The van der Waals surface area contributed by atoms with E-state index in [2.05, 4.69) is 25.3 Å². The van der Waals surface area contributed by atoms with Crippen LogP contribution in [-0.4, -0.2) is 69.5 Å². The molecule has 0 unspecified atom stereocenters. The van der Waals surface area contributed by atoms with Crippen molar-refractivity contribution >= 4 is 17.5 Å². The second kappa shape index (κ2) is 10.4. The predicted molar refractivity (Wildman–Crippen MR) is 123 cm³/mol. The highest BCUT2D eigenvalue weighted by molar-refractivity contribution is 5.93. The first-order valence-electron chi connectivity index (χ1n) is 11.1. The highest BCUT2D eigenvalue weighted by Gasteiger charge is 2.23. The first kappa shape index (κ1) is 22.6. The Kier molecular flexibility index (Phi) is 7.09. The van der Waals surface area contributed by atoms with E-state index in [1.807, 2.05) is 49.1 Å². The zero-order valence-electron chi connectivity index (χ0n) is 19.0. The highest BCUT2D eigenvalue weighted by atomic mass is 16.5. The molecule has 0 saturated carbocycles. The van der Waals surface area contributed by atoms with Crippen LogP contribution in [0.3, 0.4) is 0 Å². The number of carbonyl (C=O) groups is 2. The first-order valence-corrected chi connectivity index (χ1v) is 11.1. The van der Waals surface area contributed by atoms with E-state index in [4.69, 9.17) is 4.52 Å². The Balaban J connectivity index is 1.21. The van der Waals surface area contributed by atoms with Crippen molar-refractivity contribution in [2.45, 2.75) is 26.7 Å². The molecule has 4 rings (SSSR count). The fourth-order valence-electron chi connectivity index (χ4n) is 3.90. The normalized spacial score (nSPS) is 14.3. The molecule has 0 aliphatic carbocycles. The lowest BCUT2D eigenvalue weighted by Gasteiger charge is -2.34. The van der Waals surface area contributed by atoms with Gasteiger partial charge in [-0.05, 0) is 37.1 Å². The van der Waals surface area contributed by atoms with Crippen molar-refractivity contribution in [3.63, 3.8) is 0 Å². The molecule has 9 nitrogen and oxygen atoms in total. The van der Waals surface area contributed by atoms with E-state index in [1.54, 1.807) is 12.4 Å². The van der Waals surface area contributed by atoms with Crippen LogP contribution in [-0.2, 0) is 16.0 Å². The number of aromatic nitrogens is 3. The lowest BCUT2D eigenvalue weighted by molar-refractivity contribution is -0.133. The molecule has 1 aliphatic heterocycles. The Bertz CT molecular complexity index is 1090. The molecule has 0 bridgehead atoms. The van der Waals surface area contributed by atoms with Gasteiger partial charge in [0.25, 0.3) is 0 Å². The van der Waals surface area contributed by atoms with Crippen molar-refractivity contribution in [3.05, 3.63) is 59.7 Å². The third-order valence-electron chi connectivity index (χ3n) is 5.80. The summed E-state index contributed by atoms with van der Waals surface area (Å²) in [7, 11) is 0. The van der Waals surface area contributed by atoms with E-state index in [9.17, 15) is 9.59 Å². The summed E-state index contributed by atoms with van der Waals surface area (Å²) in [5.74, 6) is 0.955. The Morgan fingerprint density at radius 2 is 1.73 bits per heavy atom. The molecule has 33 heavy (non-hydrogen) atoms. The van der Waals surface area contributed by atoms with Crippen LogP contribution in [0.2, 0.25) is 0 Å². The third-order valence-corrected chi connectivity index (χ3v) is 5.80. The van der Waals surface area contributed by atoms with Gasteiger partial charge in [-0.3, -0.25) is 19.5 Å². The summed E-state index contributed by atoms with van der Waals surface area (Å²) in [4.78, 5) is 37.4. The van der Waals surface area contributed by atoms with Crippen LogP contribution < -0.4 is 5.32 Å². The third kappa shape index (κ3) is 5.81. The smallest absolute Gasteiger partial charge is 0.238 e. The minimum atomic E-state index is -0.0337. The molecular weight excluding hydrogens is 420 g/mol. The number of hydrogen-bond acceptors (Lipinski definition) is 7. The van der Waals surface area contributed by atoms with Gasteiger partial charge in [0.1, 0.15) is 0 Å². The summed E-state index contributed by atoms with van der Waals surface area (Å²) in [6.07, 6.45) is 4.05. The van der Waals surface area contributed by atoms with Gasteiger partial charge >= 0.3 is 0 Å². The largest absolute Gasteiger partial charge is 0.340 e. The van der Waals surface area contributed by atoms with Gasteiger partial charge in [0.15, 0.2) is 0 Å². The van der Waals surface area contributed by atoms with Crippen LogP contribution in [0.25, 0.3) is 11.4 Å². The molecule has 1 aliphatic rings. The van der Waals surface area contributed by atoms with E-state index in [0.29, 0.717) is 57.3 Å². The molecule has 3 heterocycles. The van der Waals surface area contributed by atoms with Gasteiger partial charge in [0.05, 0.1) is 6.54 Å². The molecule has 0 atom stereocenters. The van der Waals surface area contributed by atoms with E-state index in [1.165, 1.54) is 0 Å². The van der Waals surface area contributed by atoms with Crippen molar-refractivity contribution in [1.82, 2.24) is 24.9 Å². The van der Waals surface area contributed by atoms with Crippen LogP contribution in [0.15, 0.2) is 47.2 Å². The Labute approximate surface area is 192 Å². The van der Waals surface area contributed by atoms with Crippen molar-refractivity contribution < 1.29 is 14.1 Å². The fraction of sp³-hybridized carbons (Fsp3) is 0.375. The maximum absolute atomic E-state index is 12.6. The van der Waals surface area contributed by atoms with Crippen LogP contribution in [0.5, 0.6) is 0 Å². The number of carbonyl (C=O) groups excluding carboxylic acids is 2. The molecule has 1 saturated heterocycles. The number of benzene rings is 1. The van der Waals surface area contributed by atoms with Crippen molar-refractivity contribution in [3.8, 4) is 11.4 Å². The van der Waals surface area contributed by atoms with Crippen molar-refractivity contribution in [2.75, 3.05) is 38.0 Å². The molecule has 2 amide bonds. The number of piperazine rings is 1. The second-order valence-electron chi connectivity index (χ2n) is 8.22. The maximum Gasteiger partial charge on any atom is 0.238 e. The number of anilines is 1. The monoisotopic (exact) mass is 448 g/mol. The van der Waals surface area contributed by atoms with E-state index in [-0.39, 0.29) is 11.8 Å². The van der Waals surface area contributed by atoms with Crippen molar-refractivity contribution in [2.24, 2.45) is 0 Å². The molecule has 2 aromatic heterocycles. The zero-order chi connectivity index (χ0) is 23.2. The Morgan fingerprint density at radius 1 is 1.03 bits per heavy atom. The average molecular weight is 449 g/mol. The standard InChI is InChI=1S/C24H28N6O3/c1-17-4-3-5-18(2)23(17)26-20(31)16-29-12-14-30(15-13-29)22(32)7-6-21-27-24(28-33-21)19-8-10-25-11-9-19/h3-5,8-11H,6-7,12-16H2,1-2H3,(H,26,31). The van der Waals surface area contributed by atoms with E-state index in [0.717, 1.165) is 22.4 Å². The Hall–Kier alpha value is -3.59. The summed E-state index contributed by atoms with van der Waals surface area (Å²) >= 11 is 0. The van der Waals surface area contributed by atoms with Gasteiger partial charge in [0, 0.05) is 62.7 Å². The van der Waals surface area contributed by atoms with Gasteiger partial charge < -0.3 is 14.7 Å². The molecule has 9 heteroatoms. The molecule has 1 aromatic carbocycles. The van der Waals surface area contributed by atoms with Crippen molar-refractivity contribution in [1.29, 1.82) is 0 Å². The van der Waals surface area contributed by atoms with Gasteiger partial charge in [-0.2, -0.15) is 4.98 Å². The number of rotatable bonds is 7. The number of hydrogen-bond donors (Lipinski definition) is 1. The SMILES string of the molecule is Cc1cccc(C)c1NC(=O)CN1CCN(C(=O)CCc2nc(-c3ccncc3)no2)CC1. The molecule has 0 radical (unpaired) electrons. The summed E-state index contributed by atoms with van der Waals surface area (Å²) in [5, 5.41) is 7.00. The van der Waals surface area contributed by atoms with Crippen LogP contribution in [0.4, 0.5) is 5.69 Å². The molecule has 0 spiro atoms. The van der Waals surface area contributed by atoms with Gasteiger partial charge in [-0.25, -0.2) is 0 Å². The molecule has 1 N–H and O–H groups in total. The van der Waals surface area contributed by atoms with Crippen LogP contribution in [0, 0.1) is 13.8 Å². The van der Waals surface area contributed by atoms with E-state index < -0.39 is 0 Å². The zero-order valence-corrected chi connectivity index (χ0v) is 19.0. The van der Waals surface area contributed by atoms with Gasteiger partial charge in [-0.1, -0.05) is 23.4 Å². The predicted octanol–water partition coefficient (Wildman–Crippen LogP) is 2.46. The summed E-state index contributed by atoms with van der Waals surface area (Å²) < 4.78 is 5.28. The lowest BCUT2D eigenvalue weighted by atomic mass is 10.1. The van der Waals surface area contributed by atoms with Gasteiger partial charge in [-0.15, -0.1) is 0 Å². The second-order valence-corrected chi connectivity index (χ2v) is 8.22. The number of nitrogens with one attached hydrogen (secondary N) is 1. The average Bonchev–Trinajstić information content (AvgIpc) is 3.30. The number of aryl methyl sites for hydroxylation is 3. The van der Waals surface area contributed by atoms with E-state index >= 15 is 0 Å². The maximum atomic E-state index is 12.6. The summed E-state index contributed by atoms with van der Waals surface area (Å²) in [5.41, 5.74) is 3.80. The number of para-hydroxylation sites is 1. The number of pyridine rings is 1. The molecule has 3 aromatic rings. The highest BCUT2D eigenvalue weighted by Crippen LogP contribution is 2.19. The fourth-order valence-corrected chi connectivity index (χ4v) is 3.90. The molecular formula is C24H28N6O3. The van der Waals surface area contributed by atoms with Crippen LogP contribution >= 0.6 is 0 Å². The number of amides is 2. The molecule has 172 valence electrons. The van der Waals surface area contributed by atoms with Gasteiger partial charge in [0.2, 0.25) is 23.5 Å². The number of nitrogens with zero attached hydrogens (tertiary/aromatic N) is 5. The quantitative estimate of drug-likeness (QED) is 0.592. The Morgan fingerprint density at radius 3 is 2.42 bits per heavy atom. The first-order chi connectivity index (χ1) is 16.0. The summed E-state index contributed by atoms with van der Waals surface area (Å²) in [6, 6.07) is 9.57. The minimum Gasteiger partial charge on any atom is -0.340 e.